The zero-order chi connectivity index (χ0) is 21.0. The Morgan fingerprint density at radius 2 is 1.83 bits per heavy atom. The minimum atomic E-state index is -0.311. The Bertz CT molecular complexity index is 882. The smallest absolute Gasteiger partial charge is 0.253 e. The first-order chi connectivity index (χ1) is 14.0. The molecular formula is C23H27ClN2O3. The molecule has 1 aliphatic rings. The third kappa shape index (κ3) is 4.40. The minimum absolute atomic E-state index is 0.0762. The molecule has 1 aliphatic heterocycles. The van der Waals surface area contributed by atoms with Crippen LogP contribution >= 0.6 is 11.6 Å². The van der Waals surface area contributed by atoms with Crippen LogP contribution < -0.4 is 4.74 Å². The second kappa shape index (κ2) is 9.31. The third-order valence-corrected chi connectivity index (χ3v) is 5.84. The quantitative estimate of drug-likeness (QED) is 0.715. The number of rotatable bonds is 6. The number of carbonyl (C=O) groups excluding carboxylic acids is 2. The molecule has 2 aromatic rings. The van der Waals surface area contributed by atoms with Crippen molar-refractivity contribution >= 4 is 23.4 Å². The summed E-state index contributed by atoms with van der Waals surface area (Å²) in [5, 5.41) is 0.520. The molecule has 1 heterocycles. The van der Waals surface area contributed by atoms with Gasteiger partial charge in [-0.15, -0.1) is 0 Å². The number of ether oxygens (including phenoxy) is 1. The Hall–Kier alpha value is -2.53. The fourth-order valence-electron chi connectivity index (χ4n) is 4.08. The van der Waals surface area contributed by atoms with Crippen molar-refractivity contribution in [3.05, 3.63) is 64.7 Å². The molecule has 0 radical (unpaired) electrons. The number of benzene rings is 2. The zero-order valence-corrected chi connectivity index (χ0v) is 17.9. The Morgan fingerprint density at radius 3 is 2.48 bits per heavy atom. The summed E-state index contributed by atoms with van der Waals surface area (Å²) < 4.78 is 5.55. The van der Waals surface area contributed by atoms with Crippen LogP contribution in [0.15, 0.2) is 48.5 Å². The Kier molecular flexibility index (Phi) is 6.80. The number of likely N-dealkylation sites (tertiary alicyclic amines) is 1. The van der Waals surface area contributed by atoms with Crippen LogP contribution in [-0.4, -0.2) is 54.9 Å². The molecule has 29 heavy (non-hydrogen) atoms. The van der Waals surface area contributed by atoms with Crippen LogP contribution in [0.1, 0.15) is 35.7 Å². The maximum Gasteiger partial charge on any atom is 0.253 e. The fraction of sp³-hybridized carbons (Fsp3) is 0.391. The molecule has 5 nitrogen and oxygen atoms in total. The summed E-state index contributed by atoms with van der Waals surface area (Å²) in [5.74, 6) is 0.276. The van der Waals surface area contributed by atoms with Crippen molar-refractivity contribution in [1.29, 1.82) is 0 Å². The maximum absolute atomic E-state index is 13.3. The molecule has 0 aromatic heterocycles. The molecule has 1 fully saturated rings. The molecule has 0 N–H and O–H groups in total. The van der Waals surface area contributed by atoms with Gasteiger partial charge in [-0.1, -0.05) is 35.9 Å². The highest BCUT2D eigenvalue weighted by atomic mass is 35.5. The molecule has 0 aliphatic carbocycles. The van der Waals surface area contributed by atoms with Crippen molar-refractivity contribution in [2.45, 2.75) is 19.8 Å². The van der Waals surface area contributed by atoms with Gasteiger partial charge >= 0.3 is 0 Å². The third-order valence-electron chi connectivity index (χ3n) is 5.61. The lowest BCUT2D eigenvalue weighted by atomic mass is 9.87. The monoisotopic (exact) mass is 414 g/mol. The molecule has 6 heteroatoms. The number of amides is 2. The van der Waals surface area contributed by atoms with E-state index in [-0.39, 0.29) is 23.7 Å². The molecule has 154 valence electrons. The van der Waals surface area contributed by atoms with E-state index in [4.69, 9.17) is 16.3 Å². The molecule has 1 saturated heterocycles. The fourth-order valence-corrected chi connectivity index (χ4v) is 4.27. The average Bonchev–Trinajstić information content (AvgIpc) is 3.19. The summed E-state index contributed by atoms with van der Waals surface area (Å²) in [6.07, 6.45) is 0. The van der Waals surface area contributed by atoms with Gasteiger partial charge in [0.05, 0.1) is 13.0 Å². The number of hydrogen-bond acceptors (Lipinski definition) is 3. The van der Waals surface area contributed by atoms with Gasteiger partial charge in [0.25, 0.3) is 5.91 Å². The summed E-state index contributed by atoms with van der Waals surface area (Å²) in [5.41, 5.74) is 1.49. The van der Waals surface area contributed by atoms with Crippen molar-refractivity contribution in [2.75, 3.05) is 33.3 Å². The van der Waals surface area contributed by atoms with Crippen molar-refractivity contribution in [3.63, 3.8) is 0 Å². The summed E-state index contributed by atoms with van der Waals surface area (Å²) in [6.45, 7) is 6.08. The Labute approximate surface area is 177 Å². The van der Waals surface area contributed by atoms with Gasteiger partial charge in [0.1, 0.15) is 5.75 Å². The van der Waals surface area contributed by atoms with E-state index in [2.05, 4.69) is 0 Å². The van der Waals surface area contributed by atoms with E-state index in [0.717, 1.165) is 11.3 Å². The minimum Gasteiger partial charge on any atom is -0.496 e. The van der Waals surface area contributed by atoms with Crippen LogP contribution in [-0.2, 0) is 4.79 Å². The number of hydrogen-bond donors (Lipinski definition) is 0. The highest BCUT2D eigenvalue weighted by Gasteiger charge is 2.42. The summed E-state index contributed by atoms with van der Waals surface area (Å²) in [4.78, 5) is 30.0. The highest BCUT2D eigenvalue weighted by Crippen LogP contribution is 2.39. The predicted molar refractivity (Wildman–Crippen MR) is 115 cm³/mol. The lowest BCUT2D eigenvalue weighted by Gasteiger charge is -2.26. The van der Waals surface area contributed by atoms with Crippen LogP contribution in [0.2, 0.25) is 5.02 Å². The predicted octanol–water partition coefficient (Wildman–Crippen LogP) is 4.07. The second-order valence-electron chi connectivity index (χ2n) is 7.19. The van der Waals surface area contributed by atoms with E-state index in [1.54, 1.807) is 36.3 Å². The zero-order valence-electron chi connectivity index (χ0n) is 17.1. The SMILES string of the molecule is CCN(CC)C(=O)C1CN(C(=O)c2cccc(Cl)c2)CC1c1ccccc1OC. The lowest BCUT2D eigenvalue weighted by Crippen LogP contribution is -2.39. The van der Waals surface area contributed by atoms with E-state index in [1.165, 1.54) is 0 Å². The van der Waals surface area contributed by atoms with Crippen molar-refractivity contribution < 1.29 is 14.3 Å². The Morgan fingerprint density at radius 1 is 1.10 bits per heavy atom. The van der Waals surface area contributed by atoms with Gasteiger partial charge in [-0.3, -0.25) is 9.59 Å². The molecule has 2 atom stereocenters. The molecule has 2 unspecified atom stereocenters. The van der Waals surface area contributed by atoms with E-state index in [9.17, 15) is 9.59 Å². The average molecular weight is 415 g/mol. The van der Waals surface area contributed by atoms with Crippen LogP contribution in [0.4, 0.5) is 0 Å². The van der Waals surface area contributed by atoms with Gasteiger partial charge in [-0.05, 0) is 43.7 Å². The first kappa shape index (κ1) is 21.2. The first-order valence-electron chi connectivity index (χ1n) is 9.96. The number of carbonyl (C=O) groups is 2. The molecule has 0 spiro atoms. The van der Waals surface area contributed by atoms with Crippen molar-refractivity contribution in [2.24, 2.45) is 5.92 Å². The molecule has 3 rings (SSSR count). The van der Waals surface area contributed by atoms with Gasteiger partial charge in [0.2, 0.25) is 5.91 Å². The van der Waals surface area contributed by atoms with E-state index < -0.39 is 0 Å². The van der Waals surface area contributed by atoms with E-state index in [0.29, 0.717) is 36.8 Å². The molecule has 0 saturated carbocycles. The normalized spacial score (nSPS) is 18.6. The molecular weight excluding hydrogens is 388 g/mol. The summed E-state index contributed by atoms with van der Waals surface area (Å²) in [7, 11) is 1.63. The topological polar surface area (TPSA) is 49.9 Å². The standard InChI is InChI=1S/C23H27ClN2O3/c1-4-25(5-2)23(28)20-15-26(22(27)16-9-8-10-17(24)13-16)14-19(20)18-11-6-7-12-21(18)29-3/h6-13,19-20H,4-5,14-15H2,1-3H3. The lowest BCUT2D eigenvalue weighted by molar-refractivity contribution is -0.135. The number of halogens is 1. The van der Waals surface area contributed by atoms with E-state index >= 15 is 0 Å². The van der Waals surface area contributed by atoms with Gasteiger partial charge < -0.3 is 14.5 Å². The molecule has 2 amide bonds. The van der Waals surface area contributed by atoms with Gasteiger partial charge in [-0.25, -0.2) is 0 Å². The second-order valence-corrected chi connectivity index (χ2v) is 7.62. The number of para-hydroxylation sites is 1. The van der Waals surface area contributed by atoms with Gasteiger partial charge in [0, 0.05) is 42.7 Å². The van der Waals surface area contributed by atoms with Crippen molar-refractivity contribution in [1.82, 2.24) is 9.80 Å². The van der Waals surface area contributed by atoms with Crippen molar-refractivity contribution in [3.8, 4) is 5.75 Å². The largest absolute Gasteiger partial charge is 0.496 e. The highest BCUT2D eigenvalue weighted by molar-refractivity contribution is 6.30. The summed E-state index contributed by atoms with van der Waals surface area (Å²) >= 11 is 6.07. The van der Waals surface area contributed by atoms with Crippen LogP contribution in [0, 0.1) is 5.92 Å². The maximum atomic E-state index is 13.3. The van der Waals surface area contributed by atoms with Crippen LogP contribution in [0.3, 0.4) is 0 Å². The van der Waals surface area contributed by atoms with Gasteiger partial charge in [-0.2, -0.15) is 0 Å². The molecule has 2 aromatic carbocycles. The number of methoxy groups -OCH3 is 1. The summed E-state index contributed by atoms with van der Waals surface area (Å²) in [6, 6.07) is 14.7. The number of nitrogens with zero attached hydrogens (tertiary/aromatic N) is 2. The van der Waals surface area contributed by atoms with Crippen LogP contribution in [0.25, 0.3) is 0 Å². The first-order valence-corrected chi connectivity index (χ1v) is 10.3. The van der Waals surface area contributed by atoms with Gasteiger partial charge in [0.15, 0.2) is 0 Å². The van der Waals surface area contributed by atoms with Crippen LogP contribution in [0.5, 0.6) is 5.75 Å². The molecule has 0 bridgehead atoms. The van der Waals surface area contributed by atoms with E-state index in [1.807, 2.05) is 43.0 Å². The Balaban J connectivity index is 1.95.